The maximum Gasteiger partial charge on any atom is 0.251 e. The molecule has 0 radical (unpaired) electrons. The van der Waals surface area contributed by atoms with E-state index in [0.717, 1.165) is 25.0 Å². The van der Waals surface area contributed by atoms with Gasteiger partial charge in [0.1, 0.15) is 5.15 Å². The van der Waals surface area contributed by atoms with Gasteiger partial charge < -0.3 is 10.4 Å². The summed E-state index contributed by atoms with van der Waals surface area (Å²) >= 11 is 5.91. The lowest BCUT2D eigenvalue weighted by molar-refractivity contribution is 0.0851. The maximum atomic E-state index is 12.2. The first-order valence-electron chi connectivity index (χ1n) is 7.05. The zero-order valence-electron chi connectivity index (χ0n) is 12.4. The molecule has 0 bridgehead atoms. The molecule has 0 fully saturated rings. The fourth-order valence-electron chi connectivity index (χ4n) is 2.01. The van der Waals surface area contributed by atoms with Gasteiger partial charge in [-0.15, -0.1) is 0 Å². The first-order chi connectivity index (χ1) is 9.50. The van der Waals surface area contributed by atoms with Crippen LogP contribution in [-0.2, 0) is 6.42 Å². The van der Waals surface area contributed by atoms with Gasteiger partial charge in [0.2, 0.25) is 0 Å². The second kappa shape index (κ2) is 7.60. The third-order valence-corrected chi connectivity index (χ3v) is 4.12. The molecule has 0 saturated carbocycles. The number of hydrogen-bond donors (Lipinski definition) is 2. The van der Waals surface area contributed by atoms with Gasteiger partial charge >= 0.3 is 0 Å². The van der Waals surface area contributed by atoms with E-state index in [1.165, 1.54) is 0 Å². The molecule has 0 aromatic carbocycles. The van der Waals surface area contributed by atoms with E-state index in [-0.39, 0.29) is 17.9 Å². The van der Waals surface area contributed by atoms with Crippen LogP contribution in [0.4, 0.5) is 0 Å². The Kier molecular flexibility index (Phi) is 6.43. The molecule has 4 nitrogen and oxygen atoms in total. The van der Waals surface area contributed by atoms with Crippen molar-refractivity contribution in [2.75, 3.05) is 13.2 Å². The Morgan fingerprint density at radius 1 is 1.35 bits per heavy atom. The number of hydrogen-bond acceptors (Lipinski definition) is 3. The third kappa shape index (κ3) is 4.18. The molecule has 0 aliphatic carbocycles. The first kappa shape index (κ1) is 16.9. The maximum absolute atomic E-state index is 12.2. The second-order valence-electron chi connectivity index (χ2n) is 5.07. The largest absolute Gasteiger partial charge is 0.396 e. The van der Waals surface area contributed by atoms with Crippen molar-refractivity contribution in [1.29, 1.82) is 0 Å². The molecule has 2 N–H and O–H groups in total. The van der Waals surface area contributed by atoms with E-state index >= 15 is 0 Å². The summed E-state index contributed by atoms with van der Waals surface area (Å²) in [6.07, 6.45) is 2.36. The summed E-state index contributed by atoms with van der Waals surface area (Å²) in [5, 5.41) is 12.7. The van der Waals surface area contributed by atoms with Crippen molar-refractivity contribution in [3.63, 3.8) is 0 Å². The highest BCUT2D eigenvalue weighted by Crippen LogP contribution is 2.24. The highest BCUT2D eigenvalue weighted by atomic mass is 35.5. The van der Waals surface area contributed by atoms with Crippen LogP contribution in [0.15, 0.2) is 12.1 Å². The lowest BCUT2D eigenvalue weighted by Gasteiger charge is -2.29. The molecule has 0 aliphatic heterocycles. The molecule has 0 spiro atoms. The molecule has 1 rings (SSSR count). The Balaban J connectivity index is 2.79. The minimum absolute atomic E-state index is 0.0671. The zero-order valence-corrected chi connectivity index (χ0v) is 13.1. The van der Waals surface area contributed by atoms with Gasteiger partial charge in [0.25, 0.3) is 5.91 Å². The van der Waals surface area contributed by atoms with Crippen molar-refractivity contribution in [1.82, 2.24) is 10.3 Å². The zero-order chi connectivity index (χ0) is 15.2. The Bertz CT molecular complexity index is 451. The fourth-order valence-corrected chi connectivity index (χ4v) is 2.24. The van der Waals surface area contributed by atoms with Crippen LogP contribution in [-0.4, -0.2) is 29.1 Å². The Morgan fingerprint density at radius 3 is 2.50 bits per heavy atom. The summed E-state index contributed by atoms with van der Waals surface area (Å²) in [6, 6.07) is 3.31. The minimum Gasteiger partial charge on any atom is -0.396 e. The molecule has 1 aromatic heterocycles. The van der Waals surface area contributed by atoms with Crippen molar-refractivity contribution >= 4 is 17.5 Å². The van der Waals surface area contributed by atoms with Gasteiger partial charge in [-0.2, -0.15) is 0 Å². The number of rotatable bonds is 7. The first-order valence-corrected chi connectivity index (χ1v) is 7.43. The van der Waals surface area contributed by atoms with Crippen molar-refractivity contribution in [3.8, 4) is 0 Å². The number of aromatic nitrogens is 1. The van der Waals surface area contributed by atoms with E-state index in [0.29, 0.717) is 17.3 Å². The van der Waals surface area contributed by atoms with Crippen LogP contribution < -0.4 is 5.32 Å². The topological polar surface area (TPSA) is 62.2 Å². The molecule has 0 saturated heterocycles. The summed E-state index contributed by atoms with van der Waals surface area (Å²) in [5.41, 5.74) is 1.06. The molecule has 5 heteroatoms. The number of amides is 1. The van der Waals surface area contributed by atoms with E-state index in [2.05, 4.69) is 10.3 Å². The van der Waals surface area contributed by atoms with Crippen molar-refractivity contribution in [3.05, 3.63) is 28.5 Å². The lowest BCUT2D eigenvalue weighted by atomic mass is 9.83. The van der Waals surface area contributed by atoms with Crippen LogP contribution >= 0.6 is 11.6 Å². The van der Waals surface area contributed by atoms with Crippen LogP contribution in [0.5, 0.6) is 0 Å². The molecule has 1 amide bonds. The number of aryl methyl sites for hydroxylation is 1. The molecule has 1 heterocycles. The number of halogens is 1. The molecule has 1 aromatic rings. The number of carbonyl (C=O) groups excluding carboxylic acids is 1. The van der Waals surface area contributed by atoms with Gasteiger partial charge in [0.15, 0.2) is 0 Å². The number of aliphatic hydroxyl groups excluding tert-OH is 1. The highest BCUT2D eigenvalue weighted by Gasteiger charge is 2.26. The van der Waals surface area contributed by atoms with E-state index in [1.807, 2.05) is 20.8 Å². The summed E-state index contributed by atoms with van der Waals surface area (Å²) in [5.74, 6) is -0.177. The van der Waals surface area contributed by atoms with E-state index in [9.17, 15) is 9.90 Å². The molecule has 0 atom stereocenters. The predicted molar refractivity (Wildman–Crippen MR) is 81.1 cm³/mol. The summed E-state index contributed by atoms with van der Waals surface area (Å²) in [7, 11) is 0. The van der Waals surface area contributed by atoms with Gasteiger partial charge in [-0.1, -0.05) is 32.4 Å². The molecular weight excluding hydrogens is 276 g/mol. The Hall–Kier alpha value is -1.13. The Labute approximate surface area is 125 Å². The van der Waals surface area contributed by atoms with E-state index in [4.69, 9.17) is 11.6 Å². The van der Waals surface area contributed by atoms with Crippen molar-refractivity contribution in [2.45, 2.75) is 40.0 Å². The Morgan fingerprint density at radius 2 is 2.00 bits per heavy atom. The van der Waals surface area contributed by atoms with Crippen LogP contribution in [0.25, 0.3) is 0 Å². The van der Waals surface area contributed by atoms with Crippen LogP contribution in [0, 0.1) is 5.41 Å². The highest BCUT2D eigenvalue weighted by molar-refractivity contribution is 6.29. The summed E-state index contributed by atoms with van der Waals surface area (Å²) in [4.78, 5) is 16.3. The standard InChI is InChI=1S/C15H23ClN2O2/c1-4-12-7-11(8-13(16)18-12)14(20)17-9-15(5-2,6-3)10-19/h7-8,19H,4-6,9-10H2,1-3H3,(H,17,20). The van der Waals surface area contributed by atoms with Gasteiger partial charge in [-0.05, 0) is 31.4 Å². The molecule has 0 aliphatic rings. The van der Waals surface area contributed by atoms with Crippen LogP contribution in [0.1, 0.15) is 49.7 Å². The van der Waals surface area contributed by atoms with Crippen LogP contribution in [0.2, 0.25) is 5.15 Å². The smallest absolute Gasteiger partial charge is 0.251 e. The minimum atomic E-state index is -0.250. The van der Waals surface area contributed by atoms with Gasteiger partial charge in [-0.25, -0.2) is 4.98 Å². The van der Waals surface area contributed by atoms with Gasteiger partial charge in [0, 0.05) is 23.2 Å². The fraction of sp³-hybridized carbons (Fsp3) is 0.600. The summed E-state index contributed by atoms with van der Waals surface area (Å²) < 4.78 is 0. The van der Waals surface area contributed by atoms with E-state index < -0.39 is 0 Å². The molecule has 112 valence electrons. The molecule has 20 heavy (non-hydrogen) atoms. The van der Waals surface area contributed by atoms with Crippen molar-refractivity contribution < 1.29 is 9.90 Å². The van der Waals surface area contributed by atoms with Crippen molar-refractivity contribution in [2.24, 2.45) is 5.41 Å². The monoisotopic (exact) mass is 298 g/mol. The molecule has 0 unspecified atom stereocenters. The number of aliphatic hydroxyl groups is 1. The number of carbonyl (C=O) groups is 1. The molecular formula is C15H23ClN2O2. The predicted octanol–water partition coefficient (Wildman–Crippen LogP) is 2.83. The van der Waals surface area contributed by atoms with Crippen LogP contribution in [0.3, 0.4) is 0 Å². The number of pyridine rings is 1. The summed E-state index contributed by atoms with van der Waals surface area (Å²) in [6.45, 7) is 6.52. The average Bonchev–Trinajstić information content (AvgIpc) is 2.48. The number of nitrogens with one attached hydrogen (secondary N) is 1. The van der Waals surface area contributed by atoms with E-state index in [1.54, 1.807) is 12.1 Å². The second-order valence-corrected chi connectivity index (χ2v) is 5.46. The normalized spacial score (nSPS) is 11.4. The SMILES string of the molecule is CCc1cc(C(=O)NCC(CC)(CC)CO)cc(Cl)n1. The average molecular weight is 299 g/mol. The van der Waals surface area contributed by atoms with Gasteiger partial charge in [0.05, 0.1) is 6.61 Å². The lowest BCUT2D eigenvalue weighted by Crippen LogP contribution is -2.39. The quantitative estimate of drug-likeness (QED) is 0.761. The third-order valence-electron chi connectivity index (χ3n) is 3.93. The number of nitrogens with zero attached hydrogens (tertiary/aromatic N) is 1. The van der Waals surface area contributed by atoms with Gasteiger partial charge in [-0.3, -0.25) is 4.79 Å².